The maximum Gasteiger partial charge on any atom is 0.459 e. The van der Waals surface area contributed by atoms with E-state index in [0.29, 0.717) is 0 Å². The second-order valence-electron chi connectivity index (χ2n) is 10.1. The molecule has 14 heteroatoms. The number of H-pyrrole nitrogens is 1. The van der Waals surface area contributed by atoms with Crippen LogP contribution in [0.5, 0.6) is 5.75 Å². The number of benzene rings is 1. The minimum atomic E-state index is -4.28. The number of carbonyl (C=O) groups is 1. The number of esters is 1. The molecule has 216 valence electrons. The van der Waals surface area contributed by atoms with Crippen molar-refractivity contribution in [1.82, 2.24) is 14.6 Å². The summed E-state index contributed by atoms with van der Waals surface area (Å²) in [6.45, 7) is 2.33. The molecule has 1 aromatic carbocycles. The van der Waals surface area contributed by atoms with Gasteiger partial charge in [-0.15, -0.1) is 0 Å². The minimum Gasteiger partial charge on any atom is -0.461 e. The van der Waals surface area contributed by atoms with Crippen molar-refractivity contribution in [3.8, 4) is 11.8 Å². The van der Waals surface area contributed by atoms with E-state index < -0.39 is 61.5 Å². The molecule has 2 aromatic rings. The molecule has 40 heavy (non-hydrogen) atoms. The first-order chi connectivity index (χ1) is 19.0. The average molecular weight is 577 g/mol. The largest absolute Gasteiger partial charge is 0.461 e. The van der Waals surface area contributed by atoms with Crippen LogP contribution in [0.3, 0.4) is 0 Å². The van der Waals surface area contributed by atoms with Gasteiger partial charge in [0.2, 0.25) is 0 Å². The molecule has 1 saturated heterocycles. The monoisotopic (exact) mass is 576 g/mol. The van der Waals surface area contributed by atoms with Gasteiger partial charge in [0.1, 0.15) is 35.5 Å². The van der Waals surface area contributed by atoms with E-state index in [2.05, 4.69) is 10.1 Å². The molecule has 2 heterocycles. The molecule has 13 nitrogen and oxygen atoms in total. The summed E-state index contributed by atoms with van der Waals surface area (Å²) in [6, 6.07) is 10.2. The maximum atomic E-state index is 13.9. The molecule has 0 spiro atoms. The lowest BCUT2D eigenvalue weighted by Crippen LogP contribution is -2.41. The van der Waals surface area contributed by atoms with Crippen LogP contribution in [0.1, 0.15) is 52.2 Å². The molecule has 1 aromatic heterocycles. The van der Waals surface area contributed by atoms with E-state index in [1.54, 1.807) is 30.3 Å². The molecule has 2 fully saturated rings. The normalized spacial score (nSPS) is 27.3. The molecule has 6 unspecified atom stereocenters. The molecule has 0 amide bonds. The number of rotatable bonds is 10. The van der Waals surface area contributed by atoms with E-state index in [4.69, 9.17) is 18.5 Å². The number of nitriles is 1. The zero-order chi connectivity index (χ0) is 28.9. The van der Waals surface area contributed by atoms with Crippen LogP contribution in [0.2, 0.25) is 0 Å². The van der Waals surface area contributed by atoms with Gasteiger partial charge in [-0.05, 0) is 51.7 Å². The summed E-state index contributed by atoms with van der Waals surface area (Å²) < 4.78 is 37.6. The van der Waals surface area contributed by atoms with Gasteiger partial charge in [-0.2, -0.15) is 10.3 Å². The number of para-hydroxylation sites is 1. The highest BCUT2D eigenvalue weighted by molar-refractivity contribution is 7.52. The molecule has 2 aliphatic rings. The van der Waals surface area contributed by atoms with Gasteiger partial charge in [0, 0.05) is 12.3 Å². The van der Waals surface area contributed by atoms with E-state index in [0.717, 1.165) is 48.9 Å². The Labute approximate surface area is 230 Å². The Morgan fingerprint density at radius 2 is 1.98 bits per heavy atom. The first-order valence-electron chi connectivity index (χ1n) is 13.1. The number of hydrogen-bond donors (Lipinski definition) is 3. The smallest absolute Gasteiger partial charge is 0.459 e. The number of hydrogen-bond acceptors (Lipinski definition) is 10. The molecule has 0 bridgehead atoms. The standard InChI is InChI=1S/C26H33N4O9P/c1-17(23(33)37-18-9-5-3-6-10-18)29-40(35,39-19-11-7-4-8-12-19)36-15-20-22(32)26(2,16-27)24(38-20)30-14-13-21(31)28-25(30)34/h4,7-8,11-14,17-18,20,22,24,32H,3,5-6,9-10,15H2,1-2H3,(H,29,35)(H,28,31,34). The van der Waals surface area contributed by atoms with Crippen LogP contribution < -0.4 is 20.9 Å². The molecule has 0 radical (unpaired) electrons. The van der Waals surface area contributed by atoms with E-state index in [1.807, 2.05) is 6.07 Å². The van der Waals surface area contributed by atoms with Gasteiger partial charge in [0.25, 0.3) is 5.56 Å². The average Bonchev–Trinajstić information content (AvgIpc) is 3.18. The van der Waals surface area contributed by atoms with Gasteiger partial charge < -0.3 is 19.1 Å². The Kier molecular flexibility index (Phi) is 9.28. The Bertz CT molecular complexity index is 1380. The van der Waals surface area contributed by atoms with Gasteiger partial charge in [0.05, 0.1) is 12.7 Å². The van der Waals surface area contributed by atoms with Gasteiger partial charge in [-0.25, -0.2) is 9.36 Å². The molecular formula is C26H33N4O9P. The fourth-order valence-electron chi connectivity index (χ4n) is 4.75. The maximum absolute atomic E-state index is 13.9. The molecule has 1 aliphatic carbocycles. The summed E-state index contributed by atoms with van der Waals surface area (Å²) >= 11 is 0. The van der Waals surface area contributed by atoms with E-state index in [9.17, 15) is 29.3 Å². The Morgan fingerprint density at radius 3 is 2.62 bits per heavy atom. The van der Waals surface area contributed by atoms with Crippen molar-refractivity contribution in [3.05, 3.63) is 63.4 Å². The van der Waals surface area contributed by atoms with E-state index in [-0.39, 0.29) is 11.9 Å². The third-order valence-electron chi connectivity index (χ3n) is 7.05. The molecule has 3 N–H and O–H groups in total. The van der Waals surface area contributed by atoms with Crippen LogP contribution in [0.15, 0.2) is 52.2 Å². The predicted octanol–water partition coefficient (Wildman–Crippen LogP) is 2.38. The third kappa shape index (κ3) is 6.71. The fraction of sp³-hybridized carbons (Fsp3) is 0.538. The quantitative estimate of drug-likeness (QED) is 0.279. The summed E-state index contributed by atoms with van der Waals surface area (Å²) in [5, 5.41) is 23.5. The summed E-state index contributed by atoms with van der Waals surface area (Å²) in [4.78, 5) is 38.7. The zero-order valence-corrected chi connectivity index (χ0v) is 23.1. The summed E-state index contributed by atoms with van der Waals surface area (Å²) in [5.41, 5.74) is -3.11. The number of aliphatic hydroxyl groups excluding tert-OH is 1. The summed E-state index contributed by atoms with van der Waals surface area (Å²) in [6.07, 6.45) is 1.49. The molecule has 4 rings (SSSR count). The summed E-state index contributed by atoms with van der Waals surface area (Å²) in [5.74, 6) is -0.419. The van der Waals surface area contributed by atoms with Crippen LogP contribution >= 0.6 is 7.75 Å². The highest BCUT2D eigenvalue weighted by atomic mass is 31.2. The number of carbonyl (C=O) groups excluding carboxylic acids is 1. The van der Waals surface area contributed by atoms with Crippen LogP contribution in [-0.2, 0) is 23.4 Å². The fourth-order valence-corrected chi connectivity index (χ4v) is 6.25. The number of aromatic nitrogens is 2. The summed E-state index contributed by atoms with van der Waals surface area (Å²) in [7, 11) is -4.28. The predicted molar refractivity (Wildman–Crippen MR) is 141 cm³/mol. The highest BCUT2D eigenvalue weighted by Gasteiger charge is 2.55. The SMILES string of the molecule is CC(NP(=O)(OCC1OC(n2ccc(=O)[nH]c2=O)C(C)(C#N)C1O)Oc1ccccc1)C(=O)OC1CCCCC1. The lowest BCUT2D eigenvalue weighted by atomic mass is 9.84. The Hall–Kier alpha value is -3.27. The minimum absolute atomic E-state index is 0.193. The third-order valence-corrected chi connectivity index (χ3v) is 8.69. The number of nitrogens with one attached hydrogen (secondary N) is 2. The zero-order valence-electron chi connectivity index (χ0n) is 22.2. The first-order valence-corrected chi connectivity index (χ1v) is 14.6. The van der Waals surface area contributed by atoms with Gasteiger partial charge >= 0.3 is 19.4 Å². The van der Waals surface area contributed by atoms with Crippen molar-refractivity contribution in [1.29, 1.82) is 5.26 Å². The number of ether oxygens (including phenoxy) is 2. The lowest BCUT2D eigenvalue weighted by Gasteiger charge is -2.27. The van der Waals surface area contributed by atoms with Crippen molar-refractivity contribution in [2.45, 2.75) is 76.5 Å². The van der Waals surface area contributed by atoms with Gasteiger partial charge in [0.15, 0.2) is 6.23 Å². The second-order valence-corrected chi connectivity index (χ2v) is 11.8. The number of nitrogens with zero attached hydrogens (tertiary/aromatic N) is 2. The van der Waals surface area contributed by atoms with Crippen LogP contribution in [0.4, 0.5) is 0 Å². The van der Waals surface area contributed by atoms with Crippen molar-refractivity contribution in [2.24, 2.45) is 5.41 Å². The molecule has 1 aliphatic heterocycles. The van der Waals surface area contributed by atoms with Crippen LogP contribution in [0.25, 0.3) is 0 Å². The van der Waals surface area contributed by atoms with Crippen LogP contribution in [0, 0.1) is 16.7 Å². The second kappa shape index (κ2) is 12.5. The van der Waals surface area contributed by atoms with Crippen molar-refractivity contribution < 1.29 is 33.0 Å². The van der Waals surface area contributed by atoms with Crippen LogP contribution in [-0.4, -0.2) is 51.6 Å². The van der Waals surface area contributed by atoms with Gasteiger partial charge in [-0.3, -0.25) is 23.7 Å². The molecule has 6 atom stereocenters. The van der Waals surface area contributed by atoms with Crippen molar-refractivity contribution in [3.63, 3.8) is 0 Å². The Morgan fingerprint density at radius 1 is 1.27 bits per heavy atom. The van der Waals surface area contributed by atoms with E-state index in [1.165, 1.54) is 13.8 Å². The number of aliphatic hydroxyl groups is 1. The number of aromatic amines is 1. The topological polar surface area (TPSA) is 182 Å². The van der Waals surface area contributed by atoms with Gasteiger partial charge in [-0.1, -0.05) is 24.6 Å². The molecular weight excluding hydrogens is 543 g/mol. The first kappa shape index (κ1) is 29.7. The lowest BCUT2D eigenvalue weighted by molar-refractivity contribution is -0.152. The van der Waals surface area contributed by atoms with E-state index >= 15 is 0 Å². The highest BCUT2D eigenvalue weighted by Crippen LogP contribution is 2.48. The van der Waals surface area contributed by atoms with Crippen molar-refractivity contribution in [2.75, 3.05) is 6.61 Å². The molecule has 1 saturated carbocycles. The van der Waals surface area contributed by atoms with Crippen molar-refractivity contribution >= 4 is 13.7 Å². The Balaban J connectivity index is 1.51.